The molecule has 2 aromatic carbocycles. The molecule has 7 heteroatoms. The van der Waals surface area contributed by atoms with Crippen LogP contribution in [-0.2, 0) is 11.3 Å². The standard InChI is InChI=1S/C18H14N4O2S/c1-21(18-20-13-7-3-5-9-16(13)25-18)17(24)11-22-14-8-4-2-6-12(14)15(23)10-19-22/h2-10H,11H2,1H3. The summed E-state index contributed by atoms with van der Waals surface area (Å²) in [7, 11) is 1.70. The lowest BCUT2D eigenvalue weighted by Gasteiger charge is -2.15. The van der Waals surface area contributed by atoms with Gasteiger partial charge in [-0.2, -0.15) is 5.10 Å². The van der Waals surface area contributed by atoms with Crippen molar-refractivity contribution in [3.8, 4) is 0 Å². The number of carbonyl (C=O) groups is 1. The number of hydrogen-bond donors (Lipinski definition) is 0. The van der Waals surface area contributed by atoms with Gasteiger partial charge in [0.15, 0.2) is 5.13 Å². The molecule has 0 unspecified atom stereocenters. The summed E-state index contributed by atoms with van der Waals surface area (Å²) in [6, 6.07) is 14.9. The number of benzene rings is 2. The van der Waals surface area contributed by atoms with E-state index in [1.807, 2.05) is 30.3 Å². The van der Waals surface area contributed by atoms with Gasteiger partial charge in [0.05, 0.1) is 21.9 Å². The molecule has 0 bridgehead atoms. The molecule has 4 aromatic rings. The summed E-state index contributed by atoms with van der Waals surface area (Å²) in [5, 5.41) is 5.29. The zero-order chi connectivity index (χ0) is 17.4. The van der Waals surface area contributed by atoms with Crippen LogP contribution in [0.3, 0.4) is 0 Å². The van der Waals surface area contributed by atoms with Crippen LogP contribution in [0.1, 0.15) is 0 Å². The highest BCUT2D eigenvalue weighted by Crippen LogP contribution is 2.27. The molecule has 0 N–H and O–H groups in total. The lowest BCUT2D eigenvalue weighted by molar-refractivity contribution is -0.119. The average molecular weight is 350 g/mol. The fraction of sp³-hybridized carbons (Fsp3) is 0.111. The predicted octanol–water partition coefficient (Wildman–Crippen LogP) is 2.67. The number of fused-ring (bicyclic) bond motifs is 2. The van der Waals surface area contributed by atoms with Crippen molar-refractivity contribution in [2.75, 3.05) is 11.9 Å². The highest BCUT2D eigenvalue weighted by molar-refractivity contribution is 7.22. The van der Waals surface area contributed by atoms with Gasteiger partial charge in [-0.15, -0.1) is 0 Å². The number of carbonyl (C=O) groups excluding carboxylic acids is 1. The number of hydrogen-bond acceptors (Lipinski definition) is 5. The largest absolute Gasteiger partial charge is 0.290 e. The van der Waals surface area contributed by atoms with Crippen LogP contribution in [0.4, 0.5) is 5.13 Å². The molecule has 2 aromatic heterocycles. The van der Waals surface area contributed by atoms with Crippen molar-refractivity contribution in [3.63, 3.8) is 0 Å². The van der Waals surface area contributed by atoms with Gasteiger partial charge in [-0.1, -0.05) is 35.6 Å². The molecule has 25 heavy (non-hydrogen) atoms. The molecular weight excluding hydrogens is 336 g/mol. The summed E-state index contributed by atoms with van der Waals surface area (Å²) in [6.07, 6.45) is 1.24. The minimum atomic E-state index is -0.154. The van der Waals surface area contributed by atoms with Crippen LogP contribution in [-0.4, -0.2) is 27.7 Å². The first-order valence-electron chi connectivity index (χ1n) is 7.70. The Hall–Kier alpha value is -3.06. The first-order chi connectivity index (χ1) is 12.1. The quantitative estimate of drug-likeness (QED) is 0.570. The minimum Gasteiger partial charge on any atom is -0.290 e. The second-order valence-corrected chi connectivity index (χ2v) is 6.61. The van der Waals surface area contributed by atoms with Crippen molar-refractivity contribution in [1.29, 1.82) is 0 Å². The monoisotopic (exact) mass is 350 g/mol. The van der Waals surface area contributed by atoms with Crippen molar-refractivity contribution < 1.29 is 4.79 Å². The minimum absolute atomic E-state index is 0.0349. The van der Waals surface area contributed by atoms with Gasteiger partial charge >= 0.3 is 0 Å². The molecule has 0 aliphatic rings. The third kappa shape index (κ3) is 2.78. The molecule has 0 radical (unpaired) electrons. The van der Waals surface area contributed by atoms with Crippen molar-refractivity contribution in [1.82, 2.24) is 14.8 Å². The van der Waals surface area contributed by atoms with Crippen LogP contribution < -0.4 is 10.3 Å². The maximum absolute atomic E-state index is 12.7. The number of thiazole rings is 1. The Kier molecular flexibility index (Phi) is 3.77. The normalized spacial score (nSPS) is 11.1. The Morgan fingerprint density at radius 1 is 1.16 bits per heavy atom. The number of likely N-dealkylation sites (N-methyl/N-ethyl adjacent to an activating group) is 1. The molecule has 0 aliphatic heterocycles. The van der Waals surface area contributed by atoms with Crippen molar-refractivity contribution in [2.45, 2.75) is 6.54 Å². The van der Waals surface area contributed by atoms with E-state index >= 15 is 0 Å². The molecule has 0 aliphatic carbocycles. The van der Waals surface area contributed by atoms with Gasteiger partial charge in [0.1, 0.15) is 6.54 Å². The van der Waals surface area contributed by atoms with E-state index in [2.05, 4.69) is 10.1 Å². The van der Waals surface area contributed by atoms with E-state index in [0.717, 1.165) is 10.2 Å². The molecule has 4 rings (SSSR count). The maximum Gasteiger partial charge on any atom is 0.250 e. The van der Waals surface area contributed by atoms with Gasteiger partial charge in [0.25, 0.3) is 0 Å². The molecule has 0 spiro atoms. The topological polar surface area (TPSA) is 68.1 Å². The maximum atomic E-state index is 12.7. The van der Waals surface area contributed by atoms with Crippen LogP contribution in [0.15, 0.2) is 59.5 Å². The smallest absolute Gasteiger partial charge is 0.250 e. The highest BCUT2D eigenvalue weighted by Gasteiger charge is 2.17. The second kappa shape index (κ2) is 6.10. The van der Waals surface area contributed by atoms with Gasteiger partial charge in [-0.25, -0.2) is 4.98 Å². The Labute approximate surface area is 147 Å². The number of para-hydroxylation sites is 2. The zero-order valence-corrected chi connectivity index (χ0v) is 14.2. The summed E-state index contributed by atoms with van der Waals surface area (Å²) < 4.78 is 2.58. The van der Waals surface area contributed by atoms with E-state index < -0.39 is 0 Å². The number of nitrogens with zero attached hydrogens (tertiary/aromatic N) is 4. The van der Waals surface area contributed by atoms with Gasteiger partial charge in [0.2, 0.25) is 11.3 Å². The van der Waals surface area contributed by atoms with Gasteiger partial charge in [-0.05, 0) is 24.3 Å². The first kappa shape index (κ1) is 15.5. The Morgan fingerprint density at radius 2 is 1.92 bits per heavy atom. The third-order valence-electron chi connectivity index (χ3n) is 3.99. The van der Waals surface area contributed by atoms with Crippen LogP contribution in [0, 0.1) is 0 Å². The lowest BCUT2D eigenvalue weighted by Crippen LogP contribution is -2.31. The zero-order valence-electron chi connectivity index (χ0n) is 13.4. The van der Waals surface area contributed by atoms with Crippen molar-refractivity contribution >= 4 is 43.5 Å². The van der Waals surface area contributed by atoms with Gasteiger partial charge in [-0.3, -0.25) is 19.2 Å². The molecule has 0 atom stereocenters. The van der Waals surface area contributed by atoms with Crippen LogP contribution in [0.5, 0.6) is 0 Å². The third-order valence-corrected chi connectivity index (χ3v) is 5.10. The van der Waals surface area contributed by atoms with Crippen LogP contribution in [0.25, 0.3) is 21.1 Å². The Balaban J connectivity index is 1.66. The van der Waals surface area contributed by atoms with Crippen molar-refractivity contribution in [3.05, 3.63) is 65.0 Å². The predicted molar refractivity (Wildman–Crippen MR) is 99.0 cm³/mol. The average Bonchev–Trinajstić information content (AvgIpc) is 3.07. The van der Waals surface area contributed by atoms with E-state index in [1.54, 1.807) is 29.9 Å². The lowest BCUT2D eigenvalue weighted by atomic mass is 10.2. The van der Waals surface area contributed by atoms with Gasteiger partial charge in [0, 0.05) is 12.4 Å². The number of amides is 1. The molecule has 124 valence electrons. The Bertz CT molecular complexity index is 1120. The molecular formula is C18H14N4O2S. The van der Waals surface area contributed by atoms with E-state index in [9.17, 15) is 9.59 Å². The van der Waals surface area contributed by atoms with Crippen molar-refractivity contribution in [2.24, 2.45) is 0 Å². The fourth-order valence-electron chi connectivity index (χ4n) is 2.63. The van der Waals surface area contributed by atoms with Crippen LogP contribution >= 0.6 is 11.3 Å². The summed E-state index contributed by atoms with van der Waals surface area (Å²) >= 11 is 1.46. The number of rotatable bonds is 3. The summed E-state index contributed by atoms with van der Waals surface area (Å²) in [5.41, 5.74) is 1.36. The molecule has 0 saturated carbocycles. The molecule has 1 amide bonds. The molecule has 0 saturated heterocycles. The summed E-state index contributed by atoms with van der Waals surface area (Å²) in [5.74, 6) is -0.152. The molecule has 2 heterocycles. The summed E-state index contributed by atoms with van der Waals surface area (Å²) in [4.78, 5) is 30.6. The molecule has 6 nitrogen and oxygen atoms in total. The number of anilines is 1. The molecule has 0 fully saturated rings. The van der Waals surface area contributed by atoms with Crippen LogP contribution in [0.2, 0.25) is 0 Å². The number of aromatic nitrogens is 3. The first-order valence-corrected chi connectivity index (χ1v) is 8.52. The highest BCUT2D eigenvalue weighted by atomic mass is 32.1. The SMILES string of the molecule is CN(C(=O)Cn1ncc(=O)c2ccccc21)c1nc2ccccc2s1. The van der Waals surface area contributed by atoms with E-state index in [1.165, 1.54) is 22.4 Å². The van der Waals surface area contributed by atoms with E-state index in [0.29, 0.717) is 16.0 Å². The van der Waals surface area contributed by atoms with E-state index in [-0.39, 0.29) is 17.9 Å². The van der Waals surface area contributed by atoms with E-state index in [4.69, 9.17) is 0 Å². The Morgan fingerprint density at radius 3 is 2.76 bits per heavy atom. The second-order valence-electron chi connectivity index (χ2n) is 5.60. The fourth-order valence-corrected chi connectivity index (χ4v) is 3.58. The van der Waals surface area contributed by atoms with Gasteiger partial charge < -0.3 is 0 Å². The summed E-state index contributed by atoms with van der Waals surface area (Å²) in [6.45, 7) is 0.0349.